The van der Waals surface area contributed by atoms with Gasteiger partial charge >= 0.3 is 11.8 Å². The van der Waals surface area contributed by atoms with Crippen LogP contribution < -0.4 is 20.8 Å². The van der Waals surface area contributed by atoms with Crippen molar-refractivity contribution in [2.45, 2.75) is 26.7 Å². The van der Waals surface area contributed by atoms with Gasteiger partial charge in [0.25, 0.3) is 5.91 Å². The smallest absolute Gasteiger partial charge is 0.329 e. The van der Waals surface area contributed by atoms with Crippen molar-refractivity contribution in [1.82, 2.24) is 10.7 Å². The molecule has 0 fully saturated rings. The molecule has 0 atom stereocenters. The third-order valence-electron chi connectivity index (χ3n) is 4.05. The van der Waals surface area contributed by atoms with E-state index in [9.17, 15) is 14.4 Å². The Kier molecular flexibility index (Phi) is 9.51. The van der Waals surface area contributed by atoms with Crippen LogP contribution in [-0.4, -0.2) is 37.1 Å². The van der Waals surface area contributed by atoms with E-state index >= 15 is 0 Å². The molecule has 0 radical (unpaired) electrons. The number of benzene rings is 2. The van der Waals surface area contributed by atoms with Crippen LogP contribution in [0.1, 0.15) is 30.9 Å². The SMILES string of the molecule is CCCCNC(=O)C(=O)N/N=C\c1ccc(OCC(=O)Nc2ccc(C)cc2)c(Cl)c1. The van der Waals surface area contributed by atoms with E-state index < -0.39 is 11.8 Å². The summed E-state index contributed by atoms with van der Waals surface area (Å²) in [6.45, 7) is 4.18. The lowest BCUT2D eigenvalue weighted by Gasteiger charge is -2.09. The van der Waals surface area contributed by atoms with Crippen LogP contribution >= 0.6 is 11.6 Å². The maximum Gasteiger partial charge on any atom is 0.329 e. The van der Waals surface area contributed by atoms with E-state index in [4.69, 9.17) is 16.3 Å². The number of carbonyl (C=O) groups excluding carboxylic acids is 3. The van der Waals surface area contributed by atoms with Crippen LogP contribution in [-0.2, 0) is 14.4 Å². The van der Waals surface area contributed by atoms with Gasteiger partial charge in [-0.2, -0.15) is 5.10 Å². The highest BCUT2D eigenvalue weighted by atomic mass is 35.5. The third kappa shape index (κ3) is 8.47. The summed E-state index contributed by atoms with van der Waals surface area (Å²) in [5.41, 5.74) is 4.50. The third-order valence-corrected chi connectivity index (χ3v) is 4.35. The molecule has 8 nitrogen and oxygen atoms in total. The lowest BCUT2D eigenvalue weighted by molar-refractivity contribution is -0.139. The average molecular weight is 445 g/mol. The predicted octanol–water partition coefficient (Wildman–Crippen LogP) is 3.03. The minimum absolute atomic E-state index is 0.204. The number of halogens is 1. The summed E-state index contributed by atoms with van der Waals surface area (Å²) in [6.07, 6.45) is 3.05. The summed E-state index contributed by atoms with van der Waals surface area (Å²) >= 11 is 6.18. The van der Waals surface area contributed by atoms with Crippen molar-refractivity contribution < 1.29 is 19.1 Å². The number of carbonyl (C=O) groups is 3. The van der Waals surface area contributed by atoms with Crippen LogP contribution in [0.25, 0.3) is 0 Å². The van der Waals surface area contributed by atoms with Crippen LogP contribution in [0.15, 0.2) is 47.6 Å². The van der Waals surface area contributed by atoms with Gasteiger partial charge in [0.15, 0.2) is 6.61 Å². The van der Waals surface area contributed by atoms with Crippen LogP contribution in [0.2, 0.25) is 5.02 Å². The molecule has 0 bridgehead atoms. The molecule has 2 aromatic rings. The number of unbranched alkanes of at least 4 members (excludes halogenated alkanes) is 1. The molecule has 0 unspecified atom stereocenters. The Morgan fingerprint density at radius 1 is 1.10 bits per heavy atom. The number of ether oxygens (including phenoxy) is 1. The van der Waals surface area contributed by atoms with Gasteiger partial charge in [0.05, 0.1) is 11.2 Å². The predicted molar refractivity (Wildman–Crippen MR) is 120 cm³/mol. The van der Waals surface area contributed by atoms with Gasteiger partial charge in [-0.05, 0) is 49.2 Å². The summed E-state index contributed by atoms with van der Waals surface area (Å²) < 4.78 is 5.46. The van der Waals surface area contributed by atoms with Gasteiger partial charge < -0.3 is 15.4 Å². The maximum atomic E-state index is 12.0. The highest BCUT2D eigenvalue weighted by Crippen LogP contribution is 2.25. The molecule has 0 aliphatic rings. The first-order valence-corrected chi connectivity index (χ1v) is 10.2. The van der Waals surface area contributed by atoms with E-state index in [2.05, 4.69) is 21.2 Å². The molecular weight excluding hydrogens is 420 g/mol. The number of anilines is 1. The molecule has 0 aromatic heterocycles. The Labute approximate surface area is 186 Å². The van der Waals surface area contributed by atoms with Gasteiger partial charge in [-0.25, -0.2) is 5.43 Å². The van der Waals surface area contributed by atoms with Crippen molar-refractivity contribution in [2.75, 3.05) is 18.5 Å². The Morgan fingerprint density at radius 3 is 2.52 bits per heavy atom. The van der Waals surface area contributed by atoms with Crippen molar-refractivity contribution in [3.05, 3.63) is 58.6 Å². The zero-order valence-corrected chi connectivity index (χ0v) is 18.2. The van der Waals surface area contributed by atoms with E-state index in [0.29, 0.717) is 23.5 Å². The Hall–Kier alpha value is -3.39. The van der Waals surface area contributed by atoms with E-state index in [1.54, 1.807) is 18.2 Å². The molecule has 3 amide bonds. The molecule has 31 heavy (non-hydrogen) atoms. The fourth-order valence-corrected chi connectivity index (χ4v) is 2.61. The normalized spacial score (nSPS) is 10.5. The zero-order valence-electron chi connectivity index (χ0n) is 17.4. The fraction of sp³-hybridized carbons (Fsp3) is 0.273. The highest BCUT2D eigenvalue weighted by Gasteiger charge is 2.11. The molecule has 2 aromatic carbocycles. The highest BCUT2D eigenvalue weighted by molar-refractivity contribution is 6.35. The number of nitrogens with one attached hydrogen (secondary N) is 3. The molecule has 0 heterocycles. The summed E-state index contributed by atoms with van der Waals surface area (Å²) in [7, 11) is 0. The fourth-order valence-electron chi connectivity index (χ4n) is 2.37. The molecular formula is C22H25ClN4O4. The molecule has 2 rings (SSSR count). The average Bonchev–Trinajstić information content (AvgIpc) is 2.74. The van der Waals surface area contributed by atoms with Crippen LogP contribution in [0.3, 0.4) is 0 Å². The molecule has 3 N–H and O–H groups in total. The zero-order chi connectivity index (χ0) is 22.6. The van der Waals surface area contributed by atoms with Crippen molar-refractivity contribution >= 4 is 41.2 Å². The lowest BCUT2D eigenvalue weighted by atomic mass is 10.2. The standard InChI is InChI=1S/C22H25ClN4O4/c1-3-4-11-24-21(29)22(30)27-25-13-16-7-10-19(18(23)12-16)31-14-20(28)26-17-8-5-15(2)6-9-17/h5-10,12-13H,3-4,11,14H2,1-2H3,(H,24,29)(H,26,28)(H,27,30)/b25-13-. The van der Waals surface area contributed by atoms with Crippen molar-refractivity contribution in [2.24, 2.45) is 5.10 Å². The number of aryl methyl sites for hydroxylation is 1. The second kappa shape index (κ2) is 12.3. The summed E-state index contributed by atoms with van der Waals surface area (Å²) in [5.74, 6) is -1.57. The van der Waals surface area contributed by atoms with E-state index in [1.807, 2.05) is 38.1 Å². The van der Waals surface area contributed by atoms with Gasteiger partial charge in [-0.1, -0.05) is 42.6 Å². The first-order chi connectivity index (χ1) is 14.9. The molecule has 0 spiro atoms. The number of hydrazone groups is 1. The second-order valence-corrected chi connectivity index (χ2v) is 7.11. The molecule has 0 saturated heterocycles. The number of hydrogen-bond acceptors (Lipinski definition) is 5. The van der Waals surface area contributed by atoms with Gasteiger partial charge in [-0.3, -0.25) is 14.4 Å². The molecule has 0 aliphatic carbocycles. The minimum atomic E-state index is -0.849. The van der Waals surface area contributed by atoms with Crippen molar-refractivity contribution in [1.29, 1.82) is 0 Å². The number of hydrogen-bond donors (Lipinski definition) is 3. The molecule has 0 aliphatic heterocycles. The minimum Gasteiger partial charge on any atom is -0.482 e. The van der Waals surface area contributed by atoms with Gasteiger partial charge in [0.2, 0.25) is 0 Å². The summed E-state index contributed by atoms with van der Waals surface area (Å²) in [5, 5.41) is 9.24. The number of nitrogens with zero attached hydrogens (tertiary/aromatic N) is 1. The largest absolute Gasteiger partial charge is 0.482 e. The summed E-state index contributed by atoms with van der Waals surface area (Å²) in [4.78, 5) is 35.2. The van der Waals surface area contributed by atoms with Crippen LogP contribution in [0.4, 0.5) is 5.69 Å². The Morgan fingerprint density at radius 2 is 1.84 bits per heavy atom. The second-order valence-electron chi connectivity index (χ2n) is 6.70. The van der Waals surface area contributed by atoms with Crippen LogP contribution in [0, 0.1) is 6.92 Å². The first-order valence-electron chi connectivity index (χ1n) is 9.79. The molecule has 9 heteroatoms. The monoisotopic (exact) mass is 444 g/mol. The van der Waals surface area contributed by atoms with Gasteiger partial charge in [0.1, 0.15) is 5.75 Å². The van der Waals surface area contributed by atoms with Crippen molar-refractivity contribution in [3.63, 3.8) is 0 Å². The Bertz CT molecular complexity index is 945. The molecule has 164 valence electrons. The maximum absolute atomic E-state index is 12.0. The number of rotatable bonds is 9. The van der Waals surface area contributed by atoms with Gasteiger partial charge in [-0.15, -0.1) is 0 Å². The van der Waals surface area contributed by atoms with Crippen LogP contribution in [0.5, 0.6) is 5.75 Å². The summed E-state index contributed by atoms with van der Waals surface area (Å²) in [6, 6.07) is 12.2. The lowest BCUT2D eigenvalue weighted by Crippen LogP contribution is -2.38. The van der Waals surface area contributed by atoms with E-state index in [1.165, 1.54) is 6.21 Å². The van der Waals surface area contributed by atoms with E-state index in [0.717, 1.165) is 18.4 Å². The van der Waals surface area contributed by atoms with Crippen molar-refractivity contribution in [3.8, 4) is 5.75 Å². The van der Waals surface area contributed by atoms with Gasteiger partial charge in [0, 0.05) is 12.2 Å². The first kappa shape index (κ1) is 23.9. The Balaban J connectivity index is 1.82. The number of amides is 3. The quantitative estimate of drug-likeness (QED) is 0.239. The topological polar surface area (TPSA) is 109 Å². The van der Waals surface area contributed by atoms with E-state index in [-0.39, 0.29) is 17.5 Å². The molecule has 0 saturated carbocycles.